The van der Waals surface area contributed by atoms with Gasteiger partial charge in [-0.05, 0) is 25.2 Å². The molecule has 12 nitrogen and oxygen atoms in total. The molecule has 2 aliphatic heterocycles. The van der Waals surface area contributed by atoms with Crippen LogP contribution in [0.4, 0.5) is 11.6 Å². The highest BCUT2D eigenvalue weighted by Crippen LogP contribution is 2.34. The standard InChI is InChI=1S/C30H33N11O/c1-5-20-9-15-42-30-23(18-33-39(30)4)29-31-10-8-26(35-29)34-27-16-25-22(17-32-27)28(36-41(20)25)24-7-6-21(38(24)3)19-40-13-11-37(2)12-14-40/h1,6-8,10,16-18,20H,9,11-15,19H2,2-4H3,(H,31,32,34,35)/t20-/m0/s1. The maximum Gasteiger partial charge on any atom is 0.222 e. The molecule has 12 heteroatoms. The van der Waals surface area contributed by atoms with Gasteiger partial charge in [-0.25, -0.2) is 24.3 Å². The van der Waals surface area contributed by atoms with Crippen molar-refractivity contribution < 1.29 is 4.74 Å². The molecule has 1 saturated heterocycles. The van der Waals surface area contributed by atoms with Crippen LogP contribution in [0.15, 0.2) is 42.9 Å². The number of hydrogen-bond donors (Lipinski definition) is 1. The number of hydrogen-bond acceptors (Lipinski definition) is 9. The van der Waals surface area contributed by atoms with E-state index >= 15 is 0 Å². The lowest BCUT2D eigenvalue weighted by Crippen LogP contribution is -2.44. The SMILES string of the molecule is C#C[C@H]1CCOc2c(cnn2C)-c2nccc(n2)Nc2cc3c(cn2)c(-c2ccc(CN4CCN(C)CC4)n2C)nn31. The molecule has 7 rings (SSSR count). The van der Waals surface area contributed by atoms with E-state index in [1.165, 1.54) is 5.69 Å². The summed E-state index contributed by atoms with van der Waals surface area (Å²) in [6.45, 7) is 5.57. The minimum absolute atomic E-state index is 0.338. The van der Waals surface area contributed by atoms with E-state index in [1.54, 1.807) is 23.1 Å². The molecule has 0 unspecified atom stereocenters. The number of pyridine rings is 1. The fraction of sp³-hybridized carbons (Fsp3) is 0.367. The van der Waals surface area contributed by atoms with Crippen molar-refractivity contribution in [2.45, 2.75) is 19.0 Å². The highest BCUT2D eigenvalue weighted by Gasteiger charge is 2.24. The predicted octanol–water partition coefficient (Wildman–Crippen LogP) is 3.08. The highest BCUT2D eigenvalue weighted by molar-refractivity contribution is 5.93. The third-order valence-corrected chi connectivity index (χ3v) is 8.20. The predicted molar refractivity (Wildman–Crippen MR) is 160 cm³/mol. The van der Waals surface area contributed by atoms with Crippen LogP contribution in [0.1, 0.15) is 18.2 Å². The second-order valence-corrected chi connectivity index (χ2v) is 10.9. The van der Waals surface area contributed by atoms with Crippen molar-refractivity contribution in [1.29, 1.82) is 0 Å². The first-order chi connectivity index (χ1) is 20.5. The van der Waals surface area contributed by atoms with Gasteiger partial charge in [0.1, 0.15) is 28.9 Å². The smallest absolute Gasteiger partial charge is 0.222 e. The van der Waals surface area contributed by atoms with Crippen LogP contribution in [-0.4, -0.2) is 88.7 Å². The third kappa shape index (κ3) is 4.66. The monoisotopic (exact) mass is 563 g/mol. The van der Waals surface area contributed by atoms with Crippen LogP contribution in [-0.2, 0) is 20.6 Å². The average Bonchev–Trinajstić information content (AvgIpc) is 3.67. The first-order valence-electron chi connectivity index (χ1n) is 14.1. The Morgan fingerprint density at radius 1 is 1.05 bits per heavy atom. The van der Waals surface area contributed by atoms with Gasteiger partial charge >= 0.3 is 0 Å². The first-order valence-corrected chi connectivity index (χ1v) is 14.1. The Kier molecular flexibility index (Phi) is 6.60. The van der Waals surface area contributed by atoms with Crippen molar-refractivity contribution in [2.24, 2.45) is 14.1 Å². The number of anilines is 2. The molecule has 4 bridgehead atoms. The van der Waals surface area contributed by atoms with Crippen LogP contribution in [0.5, 0.6) is 5.88 Å². The molecule has 0 saturated carbocycles. The molecule has 1 fully saturated rings. The molecule has 0 amide bonds. The fourth-order valence-electron chi connectivity index (χ4n) is 5.70. The van der Waals surface area contributed by atoms with Gasteiger partial charge < -0.3 is 19.5 Å². The van der Waals surface area contributed by atoms with Gasteiger partial charge in [-0.15, -0.1) is 6.42 Å². The number of rotatable bonds is 3. The van der Waals surface area contributed by atoms with Crippen molar-refractivity contribution in [2.75, 3.05) is 45.2 Å². The van der Waals surface area contributed by atoms with Crippen LogP contribution in [0.3, 0.4) is 0 Å². The molecule has 1 atom stereocenters. The van der Waals surface area contributed by atoms with Crippen molar-refractivity contribution in [1.82, 2.24) is 48.9 Å². The lowest BCUT2D eigenvalue weighted by atomic mass is 10.2. The zero-order valence-corrected chi connectivity index (χ0v) is 24.0. The van der Waals surface area contributed by atoms with Crippen LogP contribution in [0.25, 0.3) is 33.7 Å². The van der Waals surface area contributed by atoms with Crippen LogP contribution in [0, 0.1) is 12.3 Å². The van der Waals surface area contributed by atoms with E-state index in [-0.39, 0.29) is 6.04 Å². The minimum atomic E-state index is -0.338. The molecular weight excluding hydrogens is 530 g/mol. The maximum atomic E-state index is 6.22. The summed E-state index contributed by atoms with van der Waals surface area (Å²) in [5.41, 5.74) is 4.71. The summed E-state index contributed by atoms with van der Waals surface area (Å²) in [7, 11) is 6.12. The summed E-state index contributed by atoms with van der Waals surface area (Å²) in [5.74, 6) is 5.29. The van der Waals surface area contributed by atoms with Gasteiger partial charge in [0, 0.05) is 82.8 Å². The van der Waals surface area contributed by atoms with Crippen LogP contribution >= 0.6 is 0 Å². The molecule has 5 aromatic rings. The normalized spacial score (nSPS) is 17.8. The fourth-order valence-corrected chi connectivity index (χ4v) is 5.70. The van der Waals surface area contributed by atoms with Gasteiger partial charge in [0.2, 0.25) is 5.88 Å². The molecule has 0 radical (unpaired) electrons. The van der Waals surface area contributed by atoms with E-state index in [2.05, 4.69) is 61.9 Å². The molecule has 0 aliphatic carbocycles. The van der Waals surface area contributed by atoms with Gasteiger partial charge in [-0.1, -0.05) is 5.92 Å². The van der Waals surface area contributed by atoms with E-state index in [4.69, 9.17) is 26.2 Å². The largest absolute Gasteiger partial charge is 0.477 e. The van der Waals surface area contributed by atoms with E-state index in [9.17, 15) is 0 Å². The molecule has 42 heavy (non-hydrogen) atoms. The van der Waals surface area contributed by atoms with E-state index in [1.807, 2.05) is 24.0 Å². The van der Waals surface area contributed by atoms with E-state index in [0.717, 1.165) is 55.0 Å². The number of fused-ring (bicyclic) bond motifs is 5. The molecule has 214 valence electrons. The summed E-state index contributed by atoms with van der Waals surface area (Å²) < 4.78 is 12.1. The van der Waals surface area contributed by atoms with Gasteiger partial charge in [-0.2, -0.15) is 10.2 Å². The molecule has 0 aromatic carbocycles. The van der Waals surface area contributed by atoms with Gasteiger partial charge in [0.05, 0.1) is 24.0 Å². The molecule has 7 heterocycles. The van der Waals surface area contributed by atoms with Crippen LogP contribution < -0.4 is 10.1 Å². The van der Waals surface area contributed by atoms with E-state index in [0.29, 0.717) is 41.9 Å². The second kappa shape index (κ2) is 10.6. The summed E-state index contributed by atoms with van der Waals surface area (Å²) in [6.07, 6.45) is 11.9. The summed E-state index contributed by atoms with van der Waals surface area (Å²) >= 11 is 0. The second-order valence-electron chi connectivity index (χ2n) is 10.9. The Morgan fingerprint density at radius 2 is 1.90 bits per heavy atom. The number of ether oxygens (including phenoxy) is 1. The van der Waals surface area contributed by atoms with E-state index < -0.39 is 0 Å². The highest BCUT2D eigenvalue weighted by atomic mass is 16.5. The zero-order valence-electron chi connectivity index (χ0n) is 24.0. The van der Waals surface area contributed by atoms with Crippen molar-refractivity contribution >= 4 is 22.5 Å². The molecule has 2 aliphatic rings. The molecular formula is C30H33N11O. The Labute approximate surface area is 243 Å². The maximum absolute atomic E-state index is 6.22. The van der Waals surface area contributed by atoms with Gasteiger partial charge in [0.15, 0.2) is 5.82 Å². The quantitative estimate of drug-likeness (QED) is 0.332. The summed E-state index contributed by atoms with van der Waals surface area (Å²) in [6, 6.07) is 7.79. The number of likely N-dealkylation sites (N-methyl/N-ethyl adjacent to an activating group) is 1. The number of nitrogens with one attached hydrogen (secondary N) is 1. The molecule has 5 aromatic heterocycles. The topological polar surface area (TPSA) is 107 Å². The first kappa shape index (κ1) is 26.2. The van der Waals surface area contributed by atoms with Crippen molar-refractivity contribution in [3.63, 3.8) is 0 Å². The van der Waals surface area contributed by atoms with Gasteiger partial charge in [-0.3, -0.25) is 4.90 Å². The Bertz CT molecular complexity index is 1800. The van der Waals surface area contributed by atoms with Crippen LogP contribution in [0.2, 0.25) is 0 Å². The third-order valence-electron chi connectivity index (χ3n) is 8.20. The average molecular weight is 564 g/mol. The zero-order chi connectivity index (χ0) is 28.8. The minimum Gasteiger partial charge on any atom is -0.477 e. The lowest BCUT2D eigenvalue weighted by Gasteiger charge is -2.32. The number of piperazine rings is 1. The Balaban J connectivity index is 1.29. The molecule has 0 spiro atoms. The Morgan fingerprint density at radius 3 is 2.74 bits per heavy atom. The number of nitrogens with zero attached hydrogens (tertiary/aromatic N) is 10. The number of aryl methyl sites for hydroxylation is 1. The van der Waals surface area contributed by atoms with Gasteiger partial charge in [0.25, 0.3) is 0 Å². The lowest BCUT2D eigenvalue weighted by molar-refractivity contribution is 0.146. The number of aromatic nitrogens is 8. The van der Waals surface area contributed by atoms with Crippen molar-refractivity contribution in [3.05, 3.63) is 48.5 Å². The molecule has 1 N–H and O–H groups in total. The number of terminal acetylenes is 1. The Hall–Kier alpha value is -4.73. The summed E-state index contributed by atoms with van der Waals surface area (Å²) in [5, 5.41) is 13.7. The summed E-state index contributed by atoms with van der Waals surface area (Å²) in [4.78, 5) is 18.8. The van der Waals surface area contributed by atoms with Crippen molar-refractivity contribution in [3.8, 4) is 41.0 Å².